The molecule has 8 nitrogen and oxygen atoms in total. The first-order valence-corrected chi connectivity index (χ1v) is 9.54. The maximum Gasteiger partial charge on any atom is 0.407 e. The van der Waals surface area contributed by atoms with Crippen LogP contribution in [0.1, 0.15) is 42.3 Å². The Balaban J connectivity index is 1.71. The van der Waals surface area contributed by atoms with Crippen molar-refractivity contribution >= 4 is 17.8 Å². The van der Waals surface area contributed by atoms with Gasteiger partial charge in [0.25, 0.3) is 5.91 Å². The quantitative estimate of drug-likeness (QED) is 0.804. The Labute approximate surface area is 174 Å². The highest BCUT2D eigenvalue weighted by atomic mass is 19.1. The lowest BCUT2D eigenvalue weighted by Crippen LogP contribution is -2.33. The summed E-state index contributed by atoms with van der Waals surface area (Å²) in [5, 5.41) is 9.89. The number of fused-ring (bicyclic) bond motifs is 1. The monoisotopic (exact) mass is 415 g/mol. The van der Waals surface area contributed by atoms with Gasteiger partial charge in [-0.1, -0.05) is 12.6 Å². The molecule has 30 heavy (non-hydrogen) atoms. The van der Waals surface area contributed by atoms with Crippen LogP contribution in [0.15, 0.2) is 36.7 Å². The molecule has 0 unspecified atom stereocenters. The molecule has 2 aromatic rings. The highest BCUT2D eigenvalue weighted by molar-refractivity contribution is 5.95. The van der Waals surface area contributed by atoms with Gasteiger partial charge in [-0.05, 0) is 38.5 Å². The molecule has 2 heterocycles. The molecule has 1 aromatic carbocycles. The van der Waals surface area contributed by atoms with Crippen molar-refractivity contribution in [3.8, 4) is 0 Å². The molecule has 2 N–H and O–H groups in total. The fourth-order valence-corrected chi connectivity index (χ4v) is 3.10. The number of nitrogens with zero attached hydrogens (tertiary/aromatic N) is 3. The first-order valence-electron chi connectivity index (χ1n) is 9.54. The number of benzene rings is 1. The van der Waals surface area contributed by atoms with Crippen LogP contribution in [0.5, 0.6) is 0 Å². The van der Waals surface area contributed by atoms with Crippen molar-refractivity contribution < 1.29 is 18.7 Å². The summed E-state index contributed by atoms with van der Waals surface area (Å²) in [6.07, 6.45) is 1.08. The first-order chi connectivity index (χ1) is 14.0. The molecule has 2 amide bonds. The van der Waals surface area contributed by atoms with Crippen molar-refractivity contribution in [3.05, 3.63) is 59.2 Å². The molecular weight excluding hydrogens is 389 g/mol. The van der Waals surface area contributed by atoms with Crippen LogP contribution < -0.4 is 10.6 Å². The number of aromatic nitrogens is 2. The molecule has 160 valence electrons. The van der Waals surface area contributed by atoms with Crippen molar-refractivity contribution in [2.45, 2.75) is 39.5 Å². The fourth-order valence-electron chi connectivity index (χ4n) is 3.10. The van der Waals surface area contributed by atoms with Crippen LogP contribution in [0, 0.1) is 5.82 Å². The Morgan fingerprint density at radius 1 is 1.33 bits per heavy atom. The molecule has 0 fully saturated rings. The molecular formula is C21H26FN5O3. The number of anilines is 1. The smallest absolute Gasteiger partial charge is 0.407 e. The lowest BCUT2D eigenvalue weighted by atomic mass is 10.1. The van der Waals surface area contributed by atoms with Gasteiger partial charge < -0.3 is 20.3 Å². The highest BCUT2D eigenvalue weighted by Gasteiger charge is 2.25. The lowest BCUT2D eigenvalue weighted by molar-refractivity contribution is 0.0523. The van der Waals surface area contributed by atoms with Crippen LogP contribution >= 0.6 is 0 Å². The normalized spacial score (nSPS) is 13.9. The van der Waals surface area contributed by atoms with E-state index < -0.39 is 23.4 Å². The zero-order valence-electron chi connectivity index (χ0n) is 17.6. The Morgan fingerprint density at radius 3 is 2.73 bits per heavy atom. The van der Waals surface area contributed by atoms with Gasteiger partial charge in [-0.25, -0.2) is 9.18 Å². The molecule has 0 spiro atoms. The molecule has 0 bridgehead atoms. The van der Waals surface area contributed by atoms with Crippen molar-refractivity contribution in [1.82, 2.24) is 20.0 Å². The van der Waals surface area contributed by atoms with Gasteiger partial charge in [0.15, 0.2) is 0 Å². The maximum absolute atomic E-state index is 14.7. The van der Waals surface area contributed by atoms with E-state index in [-0.39, 0.29) is 25.2 Å². The first kappa shape index (κ1) is 21.4. The number of carbonyl (C=O) groups is 2. The second-order valence-electron chi connectivity index (χ2n) is 8.20. The molecule has 0 radical (unpaired) electrons. The van der Waals surface area contributed by atoms with E-state index in [1.165, 1.54) is 17.0 Å². The molecule has 9 heteroatoms. The standard InChI is InChI=1S/C21H26FN5O3/c1-13-11-27(12-15-10-24-26(5)18(15)25-13)19(28)16-7-6-14(8-17(16)22)9-23-20(29)30-21(2,3)4/h6-8,10,25H,1,9,11-12H2,2-5H3,(H,23,29). The molecule has 1 aromatic heterocycles. The maximum atomic E-state index is 14.7. The third-order valence-electron chi connectivity index (χ3n) is 4.44. The minimum absolute atomic E-state index is 0.0452. The summed E-state index contributed by atoms with van der Waals surface area (Å²) >= 11 is 0. The van der Waals surface area contributed by atoms with Crippen LogP contribution in [-0.4, -0.2) is 38.8 Å². The third-order valence-corrected chi connectivity index (χ3v) is 4.44. The number of hydrogen-bond acceptors (Lipinski definition) is 5. The minimum Gasteiger partial charge on any atom is -0.444 e. The molecule has 1 aliphatic heterocycles. The Bertz CT molecular complexity index is 993. The zero-order chi connectivity index (χ0) is 22.1. The Kier molecular flexibility index (Phi) is 5.82. The van der Waals surface area contributed by atoms with Gasteiger partial charge in [0.2, 0.25) is 0 Å². The fraction of sp³-hybridized carbons (Fsp3) is 0.381. The van der Waals surface area contributed by atoms with Gasteiger partial charge >= 0.3 is 6.09 Å². The Hall–Kier alpha value is -3.36. The molecule has 0 aliphatic carbocycles. The van der Waals surface area contributed by atoms with E-state index in [9.17, 15) is 14.0 Å². The number of carbonyl (C=O) groups excluding carboxylic acids is 2. The average Bonchev–Trinajstić information content (AvgIpc) is 2.87. The van der Waals surface area contributed by atoms with E-state index in [0.29, 0.717) is 11.3 Å². The second kappa shape index (κ2) is 8.17. The number of hydrogen-bond donors (Lipinski definition) is 2. The van der Waals surface area contributed by atoms with Crippen molar-refractivity contribution in [1.29, 1.82) is 0 Å². The SMILES string of the molecule is C=C1CN(C(=O)c2ccc(CNC(=O)OC(C)(C)C)cc2F)Cc2cnn(C)c2N1. The van der Waals surface area contributed by atoms with Gasteiger partial charge in [0.1, 0.15) is 17.2 Å². The van der Waals surface area contributed by atoms with Gasteiger partial charge in [0.05, 0.1) is 24.8 Å². The van der Waals surface area contributed by atoms with Gasteiger partial charge in [-0.15, -0.1) is 0 Å². The number of aryl methyl sites for hydroxylation is 1. The van der Waals surface area contributed by atoms with Crippen molar-refractivity contribution in [2.75, 3.05) is 11.9 Å². The minimum atomic E-state index is -0.655. The van der Waals surface area contributed by atoms with E-state index in [1.807, 2.05) is 0 Å². The Morgan fingerprint density at radius 2 is 2.07 bits per heavy atom. The summed E-state index contributed by atoms with van der Waals surface area (Å²) in [4.78, 5) is 26.2. The summed E-state index contributed by atoms with van der Waals surface area (Å²) in [6.45, 7) is 9.82. The van der Waals surface area contributed by atoms with E-state index in [1.54, 1.807) is 44.8 Å². The number of alkyl carbamates (subject to hydrolysis) is 1. The topological polar surface area (TPSA) is 88.5 Å². The summed E-state index contributed by atoms with van der Waals surface area (Å²) < 4.78 is 21.5. The summed E-state index contributed by atoms with van der Waals surface area (Å²) in [7, 11) is 1.79. The predicted molar refractivity (Wildman–Crippen MR) is 110 cm³/mol. The number of nitrogens with one attached hydrogen (secondary N) is 2. The average molecular weight is 415 g/mol. The molecule has 0 saturated heterocycles. The second-order valence-corrected chi connectivity index (χ2v) is 8.20. The van der Waals surface area contributed by atoms with E-state index in [4.69, 9.17) is 4.74 Å². The highest BCUT2D eigenvalue weighted by Crippen LogP contribution is 2.24. The molecule has 3 rings (SSSR count). The summed E-state index contributed by atoms with van der Waals surface area (Å²) in [5.74, 6) is -0.337. The molecule has 0 saturated carbocycles. The lowest BCUT2D eigenvalue weighted by Gasteiger charge is -2.21. The number of ether oxygens (including phenoxy) is 1. The third kappa shape index (κ3) is 4.97. The molecule has 0 atom stereocenters. The largest absolute Gasteiger partial charge is 0.444 e. The summed E-state index contributed by atoms with van der Waals surface area (Å²) in [6, 6.07) is 4.27. The van der Waals surface area contributed by atoms with E-state index >= 15 is 0 Å². The number of rotatable bonds is 3. The molecule has 1 aliphatic rings. The summed E-state index contributed by atoms with van der Waals surface area (Å²) in [5.41, 5.74) is 1.29. The zero-order valence-corrected chi connectivity index (χ0v) is 17.6. The van der Waals surface area contributed by atoms with Crippen LogP contribution in [0.2, 0.25) is 0 Å². The van der Waals surface area contributed by atoms with Crippen molar-refractivity contribution in [3.63, 3.8) is 0 Å². The van der Waals surface area contributed by atoms with Gasteiger partial charge in [-0.2, -0.15) is 5.10 Å². The van der Waals surface area contributed by atoms with Crippen LogP contribution in [-0.2, 0) is 24.9 Å². The van der Waals surface area contributed by atoms with E-state index in [0.717, 1.165) is 11.4 Å². The van der Waals surface area contributed by atoms with Gasteiger partial charge in [-0.3, -0.25) is 9.48 Å². The van der Waals surface area contributed by atoms with Crippen LogP contribution in [0.3, 0.4) is 0 Å². The van der Waals surface area contributed by atoms with Gasteiger partial charge in [0, 0.05) is 24.9 Å². The predicted octanol–water partition coefficient (Wildman–Crippen LogP) is 3.17. The van der Waals surface area contributed by atoms with Crippen LogP contribution in [0.4, 0.5) is 15.0 Å². The van der Waals surface area contributed by atoms with E-state index in [2.05, 4.69) is 22.3 Å². The van der Waals surface area contributed by atoms with Crippen LogP contribution in [0.25, 0.3) is 0 Å². The number of amides is 2. The van der Waals surface area contributed by atoms with Crippen molar-refractivity contribution in [2.24, 2.45) is 7.05 Å². The number of halogens is 1.